The second-order valence-electron chi connectivity index (χ2n) is 17.4. The number of carbonyl (C=O) groups excluding carboxylic acids is 7. The third kappa shape index (κ3) is 15.5. The molecule has 0 aliphatic heterocycles. The van der Waals surface area contributed by atoms with Crippen LogP contribution in [0, 0.1) is 39.7 Å². The Morgan fingerprint density at radius 2 is 1.10 bits per heavy atom. The van der Waals surface area contributed by atoms with Crippen molar-refractivity contribution in [2.24, 2.45) is 29.6 Å². The topological polar surface area (TPSA) is 227 Å². The molecule has 17 heteroatoms. The Kier molecular flexibility index (Phi) is 18.9. The predicted molar refractivity (Wildman–Crippen MR) is 255 cm³/mol. The predicted octanol–water partition coefficient (Wildman–Crippen LogP) is 8.87. The molecule has 0 bridgehead atoms. The first-order valence-electron chi connectivity index (χ1n) is 23.3. The molecule has 0 N–H and O–H groups in total. The number of rotatable bonds is 22. The van der Waals surface area contributed by atoms with Crippen LogP contribution in [-0.4, -0.2) is 66.8 Å². The van der Waals surface area contributed by atoms with Gasteiger partial charge < -0.3 is 33.2 Å². The first-order chi connectivity index (χ1) is 34.2. The van der Waals surface area contributed by atoms with Crippen LogP contribution in [0.1, 0.15) is 85.7 Å². The fourth-order valence-corrected chi connectivity index (χ4v) is 8.25. The second-order valence-corrected chi connectivity index (χ2v) is 17.4. The van der Waals surface area contributed by atoms with E-state index in [4.69, 9.17) is 33.2 Å². The summed E-state index contributed by atoms with van der Waals surface area (Å²) in [6, 6.07) is 23.1. The zero-order valence-corrected chi connectivity index (χ0v) is 39.3. The molecule has 0 saturated heterocycles. The first kappa shape index (κ1) is 52.4. The third-order valence-corrected chi connectivity index (χ3v) is 12.5. The lowest BCUT2D eigenvalue weighted by molar-refractivity contribution is -0.384. The van der Waals surface area contributed by atoms with Crippen LogP contribution >= 0.6 is 0 Å². The number of hydrogen-bond donors (Lipinski definition) is 0. The Morgan fingerprint density at radius 3 is 1.59 bits per heavy atom. The van der Waals surface area contributed by atoms with E-state index < -0.39 is 64.4 Å². The lowest BCUT2D eigenvalue weighted by atomic mass is 9.82. The van der Waals surface area contributed by atoms with Gasteiger partial charge in [-0.25, -0.2) is 9.59 Å². The number of allylic oxidation sites excluding steroid dienone is 1. The number of benzene rings is 4. The molecule has 2 aliphatic rings. The molecule has 0 heterocycles. The summed E-state index contributed by atoms with van der Waals surface area (Å²) in [4.78, 5) is 99.1. The maximum absolute atomic E-state index is 13.6. The monoisotopic (exact) mass is 973 g/mol. The van der Waals surface area contributed by atoms with Crippen molar-refractivity contribution in [3.05, 3.63) is 143 Å². The van der Waals surface area contributed by atoms with Crippen LogP contribution in [0.2, 0.25) is 0 Å². The summed E-state index contributed by atoms with van der Waals surface area (Å²) >= 11 is 0. The molecule has 0 aromatic heterocycles. The number of ketones is 1. The Bertz CT molecular complexity index is 2550. The summed E-state index contributed by atoms with van der Waals surface area (Å²) < 4.78 is 38.7. The molecule has 0 unspecified atom stereocenters. The summed E-state index contributed by atoms with van der Waals surface area (Å²) in [7, 11) is 1.27. The number of nitro groups is 1. The van der Waals surface area contributed by atoms with Crippen molar-refractivity contribution in [2.75, 3.05) is 20.3 Å². The summed E-state index contributed by atoms with van der Waals surface area (Å²) in [5.41, 5.74) is 1.39. The maximum atomic E-state index is 13.6. The van der Waals surface area contributed by atoms with Crippen LogP contribution in [0.5, 0.6) is 28.7 Å². The van der Waals surface area contributed by atoms with Gasteiger partial charge in [-0.15, -0.1) is 0 Å². The van der Waals surface area contributed by atoms with Crippen molar-refractivity contribution < 1.29 is 71.6 Å². The Morgan fingerprint density at radius 1 is 0.620 bits per heavy atom. The quantitative estimate of drug-likeness (QED) is 0.0235. The summed E-state index contributed by atoms with van der Waals surface area (Å²) in [6.45, 7) is 7.07. The highest BCUT2D eigenvalue weighted by Gasteiger charge is 2.34. The molecular formula is C54H55NO16. The number of nitro benzene ring substituents is 1. The molecule has 4 aromatic carbocycles. The van der Waals surface area contributed by atoms with Gasteiger partial charge in [-0.2, -0.15) is 0 Å². The number of nitrogens with zero attached hydrogens (tertiary/aromatic N) is 1. The van der Waals surface area contributed by atoms with Gasteiger partial charge in [-0.1, -0.05) is 25.3 Å². The minimum Gasteiger partial charge on any atom is -0.493 e. The summed E-state index contributed by atoms with van der Waals surface area (Å²) in [5.74, 6) is -3.73. The van der Waals surface area contributed by atoms with Crippen LogP contribution < -0.4 is 23.7 Å². The van der Waals surface area contributed by atoms with Gasteiger partial charge >= 0.3 is 35.8 Å². The second kappa shape index (κ2) is 25.6. The minimum absolute atomic E-state index is 0.0404. The van der Waals surface area contributed by atoms with Crippen molar-refractivity contribution in [3.63, 3.8) is 0 Å². The average molecular weight is 974 g/mol. The Hall–Kier alpha value is -7.95. The van der Waals surface area contributed by atoms with Gasteiger partial charge in [0.25, 0.3) is 5.69 Å². The molecule has 0 spiro atoms. The fourth-order valence-electron chi connectivity index (χ4n) is 8.25. The van der Waals surface area contributed by atoms with Crippen molar-refractivity contribution in [1.82, 2.24) is 0 Å². The Balaban J connectivity index is 1.00. The number of non-ortho nitro benzene ring substituents is 1. The normalized spacial score (nSPS) is 17.8. The average Bonchev–Trinajstić information content (AvgIpc) is 3.39. The van der Waals surface area contributed by atoms with E-state index in [2.05, 4.69) is 13.2 Å². The Labute approximate surface area is 410 Å². The van der Waals surface area contributed by atoms with Gasteiger partial charge in [-0.3, -0.25) is 34.1 Å². The van der Waals surface area contributed by atoms with Crippen molar-refractivity contribution in [2.45, 2.75) is 70.6 Å². The van der Waals surface area contributed by atoms with Crippen LogP contribution in [0.4, 0.5) is 5.69 Å². The van der Waals surface area contributed by atoms with Crippen LogP contribution in [0.15, 0.2) is 116 Å². The van der Waals surface area contributed by atoms with E-state index >= 15 is 0 Å². The number of ether oxygens (including phenoxy) is 7. The van der Waals surface area contributed by atoms with E-state index in [0.29, 0.717) is 86.0 Å². The number of esters is 6. The maximum Gasteiger partial charge on any atom is 0.337 e. The van der Waals surface area contributed by atoms with Crippen molar-refractivity contribution >= 4 is 47.3 Å². The zero-order valence-electron chi connectivity index (χ0n) is 39.3. The molecule has 372 valence electrons. The highest BCUT2D eigenvalue weighted by Crippen LogP contribution is 2.36. The fraction of sp³-hybridized carbons (Fsp3) is 0.352. The van der Waals surface area contributed by atoms with Crippen LogP contribution in [0.25, 0.3) is 0 Å². The first-order valence-corrected chi connectivity index (χ1v) is 23.3. The van der Waals surface area contributed by atoms with Gasteiger partial charge in [0, 0.05) is 42.5 Å². The highest BCUT2D eigenvalue weighted by molar-refractivity contribution is 5.90. The minimum atomic E-state index is -0.580. The molecule has 0 amide bonds. The van der Waals surface area contributed by atoms with Crippen LogP contribution in [-0.2, 0) is 44.7 Å². The molecule has 2 aliphatic carbocycles. The molecule has 4 aromatic rings. The summed E-state index contributed by atoms with van der Waals surface area (Å²) in [5, 5.41) is 11.3. The van der Waals surface area contributed by atoms with Gasteiger partial charge in [0.2, 0.25) is 0 Å². The third-order valence-electron chi connectivity index (χ3n) is 12.5. The van der Waals surface area contributed by atoms with Gasteiger partial charge in [0.05, 0.1) is 54.5 Å². The SMILES string of the molecule is C=CC(=O)CC[C@@H](COC(=O)C=C)COc1ccc(OC(=O)C2CCC(C(=O)Oc3ccc(OC(=O)C4CCC(C(=O)Oc5ccc(C(=O)OC)cc5)CC4)c(Cc4ccc([N+](=O)[O-])cc4)c3)CC2)cc1. The number of carbonyl (C=O) groups is 7. The molecule has 0 radical (unpaired) electrons. The number of methoxy groups -OCH3 is 1. The lowest BCUT2D eigenvalue weighted by Crippen LogP contribution is -2.30. The van der Waals surface area contributed by atoms with E-state index in [1.807, 2.05) is 0 Å². The standard InChI is InChI=1S/C54H55NO16/c1-4-43(56)21-8-35(33-67-49(57)5-2)32-66-44-24-26-46(27-25-44)69-52(60)37-9-11-39(12-10-37)53(61)70-47-28-29-48(41(31-47)30-34-6-19-42(20-7-34)55(63)64)71-54(62)40-15-13-38(14-16-40)51(59)68-45-22-17-36(18-23-45)50(58)65-3/h4-7,17-20,22-29,31,35,37-40H,1-2,8-16,21,30,32-33H2,3H3/t35-,37?,38?,39?,40?/m1/s1. The molecule has 1 atom stereocenters. The van der Waals surface area contributed by atoms with E-state index in [0.717, 1.165) is 6.08 Å². The molecular weight excluding hydrogens is 919 g/mol. The zero-order chi connectivity index (χ0) is 50.9. The van der Waals surface area contributed by atoms with Gasteiger partial charge in [0.15, 0.2) is 5.78 Å². The highest BCUT2D eigenvalue weighted by atomic mass is 16.6. The van der Waals surface area contributed by atoms with Gasteiger partial charge in [-0.05, 0) is 136 Å². The van der Waals surface area contributed by atoms with Crippen molar-refractivity contribution in [3.8, 4) is 28.7 Å². The molecule has 6 rings (SSSR count). The molecule has 71 heavy (non-hydrogen) atoms. The van der Waals surface area contributed by atoms with Crippen molar-refractivity contribution in [1.29, 1.82) is 0 Å². The molecule has 17 nitrogen and oxygen atoms in total. The van der Waals surface area contributed by atoms with E-state index in [1.165, 1.54) is 61.7 Å². The van der Waals surface area contributed by atoms with Gasteiger partial charge in [0.1, 0.15) is 28.7 Å². The van der Waals surface area contributed by atoms with E-state index in [-0.39, 0.29) is 60.7 Å². The lowest BCUT2D eigenvalue weighted by Gasteiger charge is -2.26. The summed E-state index contributed by atoms with van der Waals surface area (Å²) in [6.07, 6.45) is 6.19. The van der Waals surface area contributed by atoms with Crippen LogP contribution in [0.3, 0.4) is 0 Å². The molecule has 2 fully saturated rings. The largest absolute Gasteiger partial charge is 0.493 e. The molecule has 2 saturated carbocycles. The van der Waals surface area contributed by atoms with E-state index in [9.17, 15) is 43.7 Å². The number of hydrogen-bond acceptors (Lipinski definition) is 16. The van der Waals surface area contributed by atoms with E-state index in [1.54, 1.807) is 42.5 Å². The smallest absolute Gasteiger partial charge is 0.337 e.